The Balaban J connectivity index is 2.21. The number of rotatable bonds is 6. The summed E-state index contributed by atoms with van der Waals surface area (Å²) in [4.78, 5) is 6.54. The summed E-state index contributed by atoms with van der Waals surface area (Å²) in [6.45, 7) is 7.30. The van der Waals surface area contributed by atoms with Crippen molar-refractivity contribution >= 4 is 5.82 Å². The van der Waals surface area contributed by atoms with E-state index in [9.17, 15) is 0 Å². The van der Waals surface area contributed by atoms with Gasteiger partial charge in [0.05, 0.1) is 11.4 Å². The van der Waals surface area contributed by atoms with Crippen LogP contribution in [-0.2, 0) is 13.6 Å². The van der Waals surface area contributed by atoms with E-state index in [2.05, 4.69) is 56.1 Å². The molecule has 0 spiro atoms. The number of aryl methyl sites for hydroxylation is 1. The van der Waals surface area contributed by atoms with Gasteiger partial charge < -0.3 is 10.2 Å². The Hall–Kier alpha value is -1.88. The fourth-order valence-electron chi connectivity index (χ4n) is 2.76. The topological polar surface area (TPSA) is 46.0 Å². The van der Waals surface area contributed by atoms with Crippen LogP contribution in [0.15, 0.2) is 24.4 Å². The molecule has 120 valence electrons. The van der Waals surface area contributed by atoms with E-state index in [-0.39, 0.29) is 6.04 Å². The van der Waals surface area contributed by atoms with Gasteiger partial charge in [-0.2, -0.15) is 5.10 Å². The molecular weight excluding hydrogens is 274 g/mol. The first-order valence-corrected chi connectivity index (χ1v) is 7.79. The zero-order chi connectivity index (χ0) is 16.3. The van der Waals surface area contributed by atoms with Crippen LogP contribution >= 0.6 is 0 Å². The molecule has 2 rings (SSSR count). The highest BCUT2D eigenvalue weighted by Crippen LogP contribution is 2.27. The minimum Gasteiger partial charge on any atom is -0.363 e. The lowest BCUT2D eigenvalue weighted by Gasteiger charge is -2.18. The van der Waals surface area contributed by atoms with Crippen LogP contribution in [0.25, 0.3) is 0 Å². The fourth-order valence-corrected chi connectivity index (χ4v) is 2.76. The maximum absolute atomic E-state index is 4.70. The maximum atomic E-state index is 4.70. The minimum absolute atomic E-state index is 0.205. The van der Waals surface area contributed by atoms with Crippen LogP contribution in [0.3, 0.4) is 0 Å². The first-order chi connectivity index (χ1) is 10.4. The molecule has 0 amide bonds. The maximum Gasteiger partial charge on any atom is 0.130 e. The van der Waals surface area contributed by atoms with Gasteiger partial charge in [0.1, 0.15) is 5.82 Å². The molecule has 0 radical (unpaired) electrons. The molecule has 0 saturated heterocycles. The highest BCUT2D eigenvalue weighted by molar-refractivity contribution is 5.50. The third-order valence-electron chi connectivity index (χ3n) is 3.83. The zero-order valence-corrected chi connectivity index (χ0v) is 14.5. The van der Waals surface area contributed by atoms with Crippen molar-refractivity contribution in [3.05, 3.63) is 41.3 Å². The number of nitrogens with zero attached hydrogens (tertiary/aromatic N) is 4. The standard InChI is InChI=1S/C17H27N5/c1-12(2)16-14(17(21(4)5)22(6)20-16)11-19-13(3)15-9-7-8-10-18-15/h7-10,12-13,19H,11H2,1-6H3/t13-/m1/s1. The zero-order valence-electron chi connectivity index (χ0n) is 14.5. The third-order valence-corrected chi connectivity index (χ3v) is 3.83. The Morgan fingerprint density at radius 2 is 1.95 bits per heavy atom. The van der Waals surface area contributed by atoms with Gasteiger partial charge in [-0.3, -0.25) is 9.67 Å². The van der Waals surface area contributed by atoms with Crippen LogP contribution in [0.4, 0.5) is 5.82 Å². The van der Waals surface area contributed by atoms with Crippen LogP contribution in [0, 0.1) is 0 Å². The first-order valence-electron chi connectivity index (χ1n) is 7.79. The van der Waals surface area contributed by atoms with E-state index < -0.39 is 0 Å². The van der Waals surface area contributed by atoms with Gasteiger partial charge in [-0.15, -0.1) is 0 Å². The lowest BCUT2D eigenvalue weighted by Crippen LogP contribution is -2.22. The van der Waals surface area contributed by atoms with Gasteiger partial charge >= 0.3 is 0 Å². The molecule has 1 atom stereocenters. The minimum atomic E-state index is 0.205. The number of pyridine rings is 1. The van der Waals surface area contributed by atoms with Crippen LogP contribution in [0.1, 0.15) is 49.7 Å². The predicted octanol–water partition coefficient (Wildman–Crippen LogP) is 2.86. The smallest absolute Gasteiger partial charge is 0.130 e. The number of aromatic nitrogens is 3. The van der Waals surface area contributed by atoms with Crippen molar-refractivity contribution in [2.75, 3.05) is 19.0 Å². The largest absolute Gasteiger partial charge is 0.363 e. The fraction of sp³-hybridized carbons (Fsp3) is 0.529. The molecule has 0 aromatic carbocycles. The Kier molecular flexibility index (Phi) is 5.19. The summed E-state index contributed by atoms with van der Waals surface area (Å²) in [6.07, 6.45) is 1.84. The Morgan fingerprint density at radius 3 is 2.50 bits per heavy atom. The van der Waals surface area contributed by atoms with Gasteiger partial charge in [0, 0.05) is 45.5 Å². The van der Waals surface area contributed by atoms with Crippen molar-refractivity contribution < 1.29 is 0 Å². The average molecular weight is 301 g/mol. The van der Waals surface area contributed by atoms with Crippen molar-refractivity contribution in [2.24, 2.45) is 7.05 Å². The van der Waals surface area contributed by atoms with Crippen molar-refractivity contribution in [2.45, 2.75) is 39.3 Å². The molecule has 22 heavy (non-hydrogen) atoms. The summed E-state index contributed by atoms with van der Waals surface area (Å²) in [5.74, 6) is 1.56. The quantitative estimate of drug-likeness (QED) is 0.891. The van der Waals surface area contributed by atoms with Gasteiger partial charge in [0.15, 0.2) is 0 Å². The Bertz CT molecular complexity index is 601. The highest BCUT2D eigenvalue weighted by Gasteiger charge is 2.20. The van der Waals surface area contributed by atoms with Crippen molar-refractivity contribution in [3.8, 4) is 0 Å². The molecule has 0 unspecified atom stereocenters. The predicted molar refractivity (Wildman–Crippen MR) is 91.1 cm³/mol. The molecular formula is C17H27N5. The second-order valence-corrected chi connectivity index (χ2v) is 6.22. The van der Waals surface area contributed by atoms with Crippen LogP contribution < -0.4 is 10.2 Å². The molecule has 5 heteroatoms. The average Bonchev–Trinajstić information content (AvgIpc) is 2.82. The molecule has 0 aliphatic carbocycles. The van der Waals surface area contributed by atoms with Crippen molar-refractivity contribution in [1.82, 2.24) is 20.1 Å². The molecule has 0 aliphatic heterocycles. The lowest BCUT2D eigenvalue weighted by molar-refractivity contribution is 0.558. The van der Waals surface area contributed by atoms with Gasteiger partial charge in [-0.05, 0) is 25.0 Å². The monoisotopic (exact) mass is 301 g/mol. The molecule has 2 aromatic rings. The van der Waals surface area contributed by atoms with Gasteiger partial charge in [0.2, 0.25) is 0 Å². The molecule has 0 saturated carbocycles. The summed E-state index contributed by atoms with van der Waals surface area (Å²) < 4.78 is 1.97. The normalized spacial score (nSPS) is 12.7. The summed E-state index contributed by atoms with van der Waals surface area (Å²) >= 11 is 0. The Labute approximate surface area is 133 Å². The van der Waals surface area contributed by atoms with E-state index in [1.807, 2.05) is 30.1 Å². The van der Waals surface area contributed by atoms with E-state index in [0.29, 0.717) is 5.92 Å². The molecule has 1 N–H and O–H groups in total. The van der Waals surface area contributed by atoms with Gasteiger partial charge in [0.25, 0.3) is 0 Å². The molecule has 5 nitrogen and oxygen atoms in total. The van der Waals surface area contributed by atoms with Gasteiger partial charge in [-0.25, -0.2) is 0 Å². The molecule has 0 bridgehead atoms. The number of anilines is 1. The van der Waals surface area contributed by atoms with E-state index in [1.54, 1.807) is 0 Å². The number of nitrogens with one attached hydrogen (secondary N) is 1. The second kappa shape index (κ2) is 6.92. The van der Waals surface area contributed by atoms with E-state index in [0.717, 1.165) is 23.8 Å². The highest BCUT2D eigenvalue weighted by atomic mass is 15.4. The summed E-state index contributed by atoms with van der Waals surface area (Å²) in [6, 6.07) is 6.22. The van der Waals surface area contributed by atoms with Gasteiger partial charge in [-0.1, -0.05) is 19.9 Å². The van der Waals surface area contributed by atoms with E-state index >= 15 is 0 Å². The molecule has 0 aliphatic rings. The first kappa shape index (κ1) is 16.5. The molecule has 2 aromatic heterocycles. The number of hydrogen-bond donors (Lipinski definition) is 1. The summed E-state index contributed by atoms with van der Waals surface area (Å²) in [5, 5.41) is 8.28. The SMILES string of the molecule is CC(C)c1nn(C)c(N(C)C)c1CN[C@H](C)c1ccccn1. The van der Waals surface area contributed by atoms with Crippen molar-refractivity contribution in [3.63, 3.8) is 0 Å². The van der Waals surface area contributed by atoms with Crippen LogP contribution in [-0.4, -0.2) is 28.9 Å². The molecule has 2 heterocycles. The van der Waals surface area contributed by atoms with E-state index in [1.165, 1.54) is 5.56 Å². The van der Waals surface area contributed by atoms with Crippen LogP contribution in [0.5, 0.6) is 0 Å². The molecule has 0 fully saturated rings. The Morgan fingerprint density at radius 1 is 1.23 bits per heavy atom. The van der Waals surface area contributed by atoms with E-state index in [4.69, 9.17) is 5.10 Å². The number of hydrogen-bond acceptors (Lipinski definition) is 4. The second-order valence-electron chi connectivity index (χ2n) is 6.22. The summed E-state index contributed by atoms with van der Waals surface area (Å²) in [5.41, 5.74) is 3.49. The van der Waals surface area contributed by atoms with Crippen LogP contribution in [0.2, 0.25) is 0 Å². The third kappa shape index (κ3) is 3.47. The summed E-state index contributed by atoms with van der Waals surface area (Å²) in [7, 11) is 6.13. The van der Waals surface area contributed by atoms with Crippen molar-refractivity contribution in [1.29, 1.82) is 0 Å². The lowest BCUT2D eigenvalue weighted by atomic mass is 10.0.